The van der Waals surface area contributed by atoms with Crippen LogP contribution in [0.1, 0.15) is 38.5 Å². The van der Waals surface area contributed by atoms with Crippen LogP contribution in [0.5, 0.6) is 0 Å². The molecule has 0 atom stereocenters. The number of hydrogen-bond acceptors (Lipinski definition) is 4. The predicted octanol–water partition coefficient (Wildman–Crippen LogP) is 1.99. The molecular formula is C23H30FN3O4S. The minimum absolute atomic E-state index is 0.0252. The highest BCUT2D eigenvalue weighted by Crippen LogP contribution is 2.60. The second kappa shape index (κ2) is 8.09. The van der Waals surface area contributed by atoms with Gasteiger partial charge < -0.3 is 10.2 Å². The first-order valence-corrected chi connectivity index (χ1v) is 13.0. The third-order valence-corrected chi connectivity index (χ3v) is 9.84. The molecule has 4 aliphatic carbocycles. The first-order valence-electron chi connectivity index (χ1n) is 11.6. The second-order valence-electron chi connectivity index (χ2n) is 10.1. The molecule has 5 fully saturated rings. The normalized spacial score (nSPS) is 32.2. The quantitative estimate of drug-likeness (QED) is 0.724. The van der Waals surface area contributed by atoms with Crippen LogP contribution in [0.4, 0.5) is 4.39 Å². The standard InChI is InChI=1S/C23H30FN3O4S/c24-19-2-1-3-20(11-19)32(30,31)27-6-4-26(5-7-27)21(28)15-25-22(29)23-12-16-8-17(13-23)10-18(9-16)14-23/h1-3,11,16-18H,4-10,12-15H2,(H,25,29). The Balaban J connectivity index is 1.14. The molecule has 5 aliphatic rings. The topological polar surface area (TPSA) is 86.8 Å². The number of amides is 2. The fraction of sp³-hybridized carbons (Fsp3) is 0.652. The molecule has 1 aromatic carbocycles. The van der Waals surface area contributed by atoms with E-state index in [-0.39, 0.29) is 54.8 Å². The molecule has 174 valence electrons. The Bertz CT molecular complexity index is 985. The number of piperazine rings is 1. The molecule has 4 saturated carbocycles. The van der Waals surface area contributed by atoms with E-state index in [9.17, 15) is 22.4 Å². The van der Waals surface area contributed by atoms with Gasteiger partial charge in [-0.15, -0.1) is 0 Å². The maximum atomic E-state index is 13.4. The zero-order valence-corrected chi connectivity index (χ0v) is 18.9. The van der Waals surface area contributed by atoms with Gasteiger partial charge in [-0.3, -0.25) is 9.59 Å². The van der Waals surface area contributed by atoms with Crippen molar-refractivity contribution in [3.63, 3.8) is 0 Å². The van der Waals surface area contributed by atoms with E-state index in [4.69, 9.17) is 0 Å². The van der Waals surface area contributed by atoms with Crippen molar-refractivity contribution in [2.75, 3.05) is 32.7 Å². The molecule has 1 heterocycles. The Morgan fingerprint density at radius 2 is 1.59 bits per heavy atom. The largest absolute Gasteiger partial charge is 0.347 e. The van der Waals surface area contributed by atoms with Crippen molar-refractivity contribution in [1.29, 1.82) is 0 Å². The average molecular weight is 464 g/mol. The zero-order valence-electron chi connectivity index (χ0n) is 18.1. The van der Waals surface area contributed by atoms with Gasteiger partial charge in [0.1, 0.15) is 5.82 Å². The Morgan fingerprint density at radius 1 is 1.00 bits per heavy atom. The fourth-order valence-corrected chi connectivity index (χ4v) is 8.25. The van der Waals surface area contributed by atoms with E-state index >= 15 is 0 Å². The van der Waals surface area contributed by atoms with Gasteiger partial charge in [0.2, 0.25) is 21.8 Å². The Morgan fingerprint density at radius 3 is 2.16 bits per heavy atom. The van der Waals surface area contributed by atoms with Crippen molar-refractivity contribution in [2.24, 2.45) is 23.2 Å². The number of rotatable bonds is 5. The number of halogens is 1. The molecule has 9 heteroatoms. The van der Waals surface area contributed by atoms with Crippen molar-refractivity contribution in [2.45, 2.75) is 43.4 Å². The summed E-state index contributed by atoms with van der Waals surface area (Å²) >= 11 is 0. The number of nitrogens with zero attached hydrogens (tertiary/aromatic N) is 2. The van der Waals surface area contributed by atoms with E-state index in [0.29, 0.717) is 17.8 Å². The molecule has 7 nitrogen and oxygen atoms in total. The van der Waals surface area contributed by atoms with Gasteiger partial charge in [-0.25, -0.2) is 12.8 Å². The summed E-state index contributed by atoms with van der Waals surface area (Å²) < 4.78 is 40.2. The first kappa shape index (κ1) is 21.8. The molecular weight excluding hydrogens is 433 g/mol. The SMILES string of the molecule is O=C(CNC(=O)C12CC3CC(CC(C3)C1)C2)N1CCN(S(=O)(=O)c2cccc(F)c2)CC1. The highest BCUT2D eigenvalue weighted by Gasteiger charge is 2.54. The summed E-state index contributed by atoms with van der Waals surface area (Å²) in [5.74, 6) is 1.22. The van der Waals surface area contributed by atoms with Gasteiger partial charge in [0.15, 0.2) is 0 Å². The van der Waals surface area contributed by atoms with Crippen molar-refractivity contribution < 1.29 is 22.4 Å². The summed E-state index contributed by atoms with van der Waals surface area (Å²) in [7, 11) is -3.80. The third-order valence-electron chi connectivity index (χ3n) is 7.95. The van der Waals surface area contributed by atoms with E-state index in [0.717, 1.165) is 25.3 Å². The lowest BCUT2D eigenvalue weighted by Crippen LogP contribution is -2.56. The van der Waals surface area contributed by atoms with Crippen LogP contribution in [0.3, 0.4) is 0 Å². The molecule has 4 bridgehead atoms. The fourth-order valence-electron chi connectivity index (χ4n) is 6.80. The minimum Gasteiger partial charge on any atom is -0.347 e. The van der Waals surface area contributed by atoms with Crippen LogP contribution in [0, 0.1) is 29.0 Å². The summed E-state index contributed by atoms with van der Waals surface area (Å²) in [5, 5.41) is 2.91. The Labute approximate surface area is 188 Å². The number of carbonyl (C=O) groups is 2. The second-order valence-corrected chi connectivity index (χ2v) is 12.1. The third kappa shape index (κ3) is 3.94. The molecule has 0 unspecified atom stereocenters. The Hall–Kier alpha value is -2.00. The molecule has 6 rings (SSSR count). The monoisotopic (exact) mass is 463 g/mol. The lowest BCUT2D eigenvalue weighted by Gasteiger charge is -2.55. The summed E-state index contributed by atoms with van der Waals surface area (Å²) in [6.45, 7) is 0.749. The van der Waals surface area contributed by atoms with E-state index < -0.39 is 15.8 Å². The molecule has 2 amide bonds. The summed E-state index contributed by atoms with van der Waals surface area (Å²) in [4.78, 5) is 27.3. The van der Waals surface area contributed by atoms with Crippen molar-refractivity contribution in [3.05, 3.63) is 30.1 Å². The number of benzene rings is 1. The van der Waals surface area contributed by atoms with Crippen LogP contribution < -0.4 is 5.32 Å². The van der Waals surface area contributed by atoms with Crippen LogP contribution in [0.15, 0.2) is 29.2 Å². The summed E-state index contributed by atoms with van der Waals surface area (Å²) in [6, 6.07) is 4.95. The van der Waals surface area contributed by atoms with Crippen molar-refractivity contribution in [3.8, 4) is 0 Å². The Kier molecular flexibility index (Phi) is 5.52. The van der Waals surface area contributed by atoms with Crippen LogP contribution in [0.2, 0.25) is 0 Å². The average Bonchev–Trinajstić information content (AvgIpc) is 2.76. The van der Waals surface area contributed by atoms with Gasteiger partial charge in [0, 0.05) is 31.6 Å². The van der Waals surface area contributed by atoms with E-state index in [2.05, 4.69) is 5.32 Å². The maximum absolute atomic E-state index is 13.4. The lowest BCUT2D eigenvalue weighted by atomic mass is 9.49. The van der Waals surface area contributed by atoms with Gasteiger partial charge in [0.05, 0.1) is 11.4 Å². The molecule has 0 aromatic heterocycles. The predicted molar refractivity (Wildman–Crippen MR) is 115 cm³/mol. The van der Waals surface area contributed by atoms with E-state index in [1.54, 1.807) is 4.90 Å². The summed E-state index contributed by atoms with van der Waals surface area (Å²) in [6.07, 6.45) is 6.64. The number of carbonyl (C=O) groups excluding carboxylic acids is 2. The number of nitrogens with one attached hydrogen (secondary N) is 1. The molecule has 1 N–H and O–H groups in total. The summed E-state index contributed by atoms with van der Waals surface area (Å²) in [5.41, 5.74) is -0.285. The first-order chi connectivity index (χ1) is 15.2. The van der Waals surface area contributed by atoms with Crippen molar-refractivity contribution in [1.82, 2.24) is 14.5 Å². The molecule has 1 aliphatic heterocycles. The van der Waals surface area contributed by atoms with E-state index in [1.807, 2.05) is 0 Å². The molecule has 0 spiro atoms. The van der Waals surface area contributed by atoms with Gasteiger partial charge in [-0.1, -0.05) is 6.07 Å². The molecule has 1 saturated heterocycles. The van der Waals surface area contributed by atoms with Crippen LogP contribution >= 0.6 is 0 Å². The van der Waals surface area contributed by atoms with Crippen molar-refractivity contribution >= 4 is 21.8 Å². The van der Waals surface area contributed by atoms with Gasteiger partial charge in [-0.2, -0.15) is 4.31 Å². The van der Waals surface area contributed by atoms with Crippen LogP contribution in [-0.4, -0.2) is 62.2 Å². The van der Waals surface area contributed by atoms with Crippen LogP contribution in [0.25, 0.3) is 0 Å². The van der Waals surface area contributed by atoms with Gasteiger partial charge in [0.25, 0.3) is 0 Å². The van der Waals surface area contributed by atoms with E-state index in [1.165, 1.54) is 41.8 Å². The minimum atomic E-state index is -3.80. The highest BCUT2D eigenvalue weighted by atomic mass is 32.2. The maximum Gasteiger partial charge on any atom is 0.243 e. The van der Waals surface area contributed by atoms with Crippen LogP contribution in [-0.2, 0) is 19.6 Å². The zero-order chi connectivity index (χ0) is 22.5. The van der Waals surface area contributed by atoms with Gasteiger partial charge >= 0.3 is 0 Å². The van der Waals surface area contributed by atoms with Gasteiger partial charge in [-0.05, 0) is 74.5 Å². The molecule has 0 radical (unpaired) electrons. The highest BCUT2D eigenvalue weighted by molar-refractivity contribution is 7.89. The molecule has 32 heavy (non-hydrogen) atoms. The number of sulfonamides is 1. The smallest absolute Gasteiger partial charge is 0.243 e. The molecule has 1 aromatic rings. The lowest BCUT2D eigenvalue weighted by molar-refractivity contribution is -0.148. The number of hydrogen-bond donors (Lipinski definition) is 1.